The molecular formula is C29H35N5O7S2+2. The van der Waals surface area contributed by atoms with Gasteiger partial charge in [0.1, 0.15) is 50.3 Å². The van der Waals surface area contributed by atoms with Crippen molar-refractivity contribution in [3.05, 3.63) is 46.5 Å². The van der Waals surface area contributed by atoms with Crippen molar-refractivity contribution in [3.8, 4) is 0 Å². The Bertz CT molecular complexity index is 1720. The molecule has 6 aliphatic rings. The molecular weight excluding hydrogens is 594 g/mol. The van der Waals surface area contributed by atoms with E-state index in [2.05, 4.69) is 0 Å². The van der Waals surface area contributed by atoms with Crippen molar-refractivity contribution < 1.29 is 42.0 Å². The van der Waals surface area contributed by atoms with E-state index in [9.17, 15) is 33.0 Å². The van der Waals surface area contributed by atoms with Gasteiger partial charge in [0, 0.05) is 16.7 Å². The van der Waals surface area contributed by atoms with Crippen molar-refractivity contribution in [3.63, 3.8) is 0 Å². The lowest BCUT2D eigenvalue weighted by atomic mass is 9.92. The smallest absolute Gasteiger partial charge is 0.353 e. The molecule has 0 radical (unpaired) electrons. The number of aliphatic carboxylic acids is 1. The highest BCUT2D eigenvalue weighted by atomic mass is 32.2. The predicted octanol–water partition coefficient (Wildman–Crippen LogP) is 0.245. The van der Waals surface area contributed by atoms with E-state index < -0.39 is 39.3 Å². The maximum Gasteiger partial charge on any atom is 0.353 e. The lowest BCUT2D eigenvalue weighted by Crippen LogP contribution is -2.76. The molecule has 0 unspecified atom stereocenters. The molecule has 0 aromatic heterocycles. The number of anilines is 1. The Kier molecular flexibility index (Phi) is 6.43. The van der Waals surface area contributed by atoms with E-state index in [1.807, 2.05) is 18.2 Å². The fraction of sp³-hybridized carbons (Fsp3) is 0.483. The zero-order valence-corrected chi connectivity index (χ0v) is 25.4. The molecule has 3 atom stereocenters. The topological polar surface area (TPSA) is 158 Å². The van der Waals surface area contributed by atoms with Crippen molar-refractivity contribution in [1.29, 1.82) is 0 Å². The summed E-state index contributed by atoms with van der Waals surface area (Å²) in [5.41, 5.74) is 6.87. The zero-order valence-electron chi connectivity index (χ0n) is 23.8. The number of thioether (sulfide) groups is 1. The Hall–Kier alpha value is -3.17. The molecule has 2 aromatic carbocycles. The summed E-state index contributed by atoms with van der Waals surface area (Å²) in [6, 6.07) is 9.07. The highest BCUT2D eigenvalue weighted by Crippen LogP contribution is 2.52. The Morgan fingerprint density at radius 3 is 2.40 bits per heavy atom. The Morgan fingerprint density at radius 1 is 1.09 bits per heavy atom. The van der Waals surface area contributed by atoms with Gasteiger partial charge < -0.3 is 24.9 Å². The van der Waals surface area contributed by atoms with Gasteiger partial charge in [-0.05, 0) is 30.0 Å². The quantitative estimate of drug-likeness (QED) is 0.263. The van der Waals surface area contributed by atoms with Crippen LogP contribution in [0, 0.1) is 5.92 Å². The van der Waals surface area contributed by atoms with Gasteiger partial charge in [-0.3, -0.25) is 18.8 Å². The number of carbonyl (C=O) groups excluding carboxylic acids is 2. The van der Waals surface area contributed by atoms with E-state index >= 15 is 0 Å². The molecule has 4 N–H and O–H groups in total. The number of fused-ring (bicyclic) bond motifs is 4. The van der Waals surface area contributed by atoms with Gasteiger partial charge in [0.05, 0.1) is 35.7 Å². The number of quaternary nitrogens is 2. The van der Waals surface area contributed by atoms with E-state index in [0.717, 1.165) is 83.9 Å². The predicted molar refractivity (Wildman–Crippen MR) is 159 cm³/mol. The second kappa shape index (κ2) is 9.66. The van der Waals surface area contributed by atoms with E-state index in [-0.39, 0.29) is 27.9 Å². The van der Waals surface area contributed by atoms with Crippen LogP contribution in [0.4, 0.5) is 5.69 Å². The Morgan fingerprint density at radius 2 is 1.77 bits per heavy atom. The Labute approximate surface area is 253 Å². The van der Waals surface area contributed by atoms with Crippen LogP contribution in [0.1, 0.15) is 12.5 Å². The van der Waals surface area contributed by atoms with Crippen LogP contribution in [0.15, 0.2) is 45.8 Å². The molecule has 0 spiro atoms. The van der Waals surface area contributed by atoms with Gasteiger partial charge in [0.15, 0.2) is 6.54 Å². The van der Waals surface area contributed by atoms with Crippen molar-refractivity contribution in [1.82, 2.24) is 4.90 Å². The summed E-state index contributed by atoms with van der Waals surface area (Å²) in [5, 5.41) is 21.0. The summed E-state index contributed by atoms with van der Waals surface area (Å²) in [5.74, 6) is -2.75. The van der Waals surface area contributed by atoms with Gasteiger partial charge >= 0.3 is 5.97 Å². The number of primary amides is 1. The first-order valence-electron chi connectivity index (χ1n) is 14.6. The van der Waals surface area contributed by atoms with Gasteiger partial charge in [-0.1, -0.05) is 30.0 Å². The minimum Gasteiger partial charge on any atom is -0.477 e. The summed E-state index contributed by atoms with van der Waals surface area (Å²) in [4.78, 5) is 38.1. The third kappa shape index (κ3) is 4.21. The first-order chi connectivity index (χ1) is 20.4. The number of nitrogens with two attached hydrogens (primary N) is 1. The van der Waals surface area contributed by atoms with E-state index in [4.69, 9.17) is 5.73 Å². The summed E-state index contributed by atoms with van der Waals surface area (Å²) in [6.45, 7) is 8.40. The largest absolute Gasteiger partial charge is 0.477 e. The fourth-order valence-corrected chi connectivity index (χ4v) is 11.1. The standard InChI is InChI=1S/C29H33N5O7S2/c1-17(35)24-27(37)32-26(29(38)39)21(42-28(24)32)15-31-20-4-2-3-19-18(5-6-22(25(19)20)43(31,40)41)7-8-33-9-12-34(13-10-33,14-11-33)16-23(30)36/h2-6,17,24,28,35H,7-16H2,1H3,(H-2,30,36,38,39)/p+2/t17-,24+,28-,33?,34?/m1/s1. The highest BCUT2D eigenvalue weighted by Gasteiger charge is 2.58. The molecule has 228 valence electrons. The monoisotopic (exact) mass is 629 g/mol. The number of aliphatic hydroxyl groups is 1. The molecule has 2 amide bonds. The fourth-order valence-electron chi connectivity index (χ4n) is 7.77. The minimum absolute atomic E-state index is 0.194. The lowest BCUT2D eigenvalue weighted by molar-refractivity contribution is -1.08. The molecule has 8 rings (SSSR count). The number of carboxylic acids is 1. The number of piperazine rings is 3. The number of sulfonamides is 1. The average molecular weight is 630 g/mol. The van der Waals surface area contributed by atoms with Crippen molar-refractivity contribution in [2.45, 2.75) is 29.7 Å². The number of nitrogens with zero attached hydrogens (tertiary/aromatic N) is 4. The second-order valence-corrected chi connectivity index (χ2v) is 15.7. The van der Waals surface area contributed by atoms with Crippen LogP contribution in [-0.4, -0.2) is 121 Å². The number of benzene rings is 2. The summed E-state index contributed by atoms with van der Waals surface area (Å²) < 4.78 is 30.7. The van der Waals surface area contributed by atoms with E-state index in [1.54, 1.807) is 12.1 Å². The molecule has 43 heavy (non-hydrogen) atoms. The number of hydrogen-bond acceptors (Lipinski definition) is 7. The Balaban J connectivity index is 1.16. The summed E-state index contributed by atoms with van der Waals surface area (Å²) >= 11 is 1.14. The number of rotatable bonds is 9. The van der Waals surface area contributed by atoms with Crippen molar-refractivity contribution in [2.75, 3.05) is 63.2 Å². The number of carbonyl (C=O) groups is 3. The van der Waals surface area contributed by atoms with Crippen LogP contribution < -0.4 is 10.0 Å². The van der Waals surface area contributed by atoms with Gasteiger partial charge in [-0.15, -0.1) is 0 Å². The molecule has 2 aromatic rings. The molecule has 6 aliphatic heterocycles. The number of amides is 2. The summed E-state index contributed by atoms with van der Waals surface area (Å²) in [7, 11) is -3.98. The lowest BCUT2D eigenvalue weighted by Gasteiger charge is -2.55. The number of carboxylic acid groups (broad SMARTS) is 1. The molecule has 2 bridgehead atoms. The molecule has 14 heteroatoms. The van der Waals surface area contributed by atoms with Gasteiger partial charge in [0.2, 0.25) is 5.91 Å². The first kappa shape index (κ1) is 28.6. The number of β-lactam (4-membered cyclic amide) rings is 1. The second-order valence-electron chi connectivity index (χ2n) is 12.6. The molecule has 4 fully saturated rings. The number of hydrogen-bond donors (Lipinski definition) is 3. The molecule has 0 aliphatic carbocycles. The normalized spacial score (nSPS) is 31.0. The van der Waals surface area contributed by atoms with Crippen LogP contribution in [0.25, 0.3) is 10.8 Å². The van der Waals surface area contributed by atoms with Gasteiger partial charge in [-0.25, -0.2) is 13.2 Å². The van der Waals surface area contributed by atoms with Crippen LogP contribution in [0.2, 0.25) is 0 Å². The van der Waals surface area contributed by atoms with Crippen molar-refractivity contribution >= 4 is 56.0 Å². The zero-order chi connectivity index (χ0) is 30.5. The summed E-state index contributed by atoms with van der Waals surface area (Å²) in [6.07, 6.45) is -0.167. The van der Waals surface area contributed by atoms with Crippen LogP contribution in [0.3, 0.4) is 0 Å². The number of aliphatic hydroxyl groups excluding tert-OH is 1. The molecule has 0 saturated carbocycles. The van der Waals surface area contributed by atoms with Crippen molar-refractivity contribution in [2.24, 2.45) is 11.7 Å². The van der Waals surface area contributed by atoms with Gasteiger partial charge in [0.25, 0.3) is 15.9 Å². The van der Waals surface area contributed by atoms with Gasteiger partial charge in [-0.2, -0.15) is 0 Å². The van der Waals surface area contributed by atoms with Crippen LogP contribution in [0.5, 0.6) is 0 Å². The van der Waals surface area contributed by atoms with E-state index in [1.165, 1.54) is 16.1 Å². The SMILES string of the molecule is C[C@@H](O)[C@H]1C(=O)N2C(C(=O)O)=C(CN3c4cccc5c(CC[N+]67CC[N+](CC(N)=O)(CC6)CC7)ccc(c45)S3(=O)=O)S[C@H]12. The minimum atomic E-state index is -3.98. The first-order valence-corrected chi connectivity index (χ1v) is 16.9. The molecule has 6 heterocycles. The van der Waals surface area contributed by atoms with Crippen LogP contribution in [-0.2, 0) is 30.8 Å². The highest BCUT2D eigenvalue weighted by molar-refractivity contribution is 8.04. The average Bonchev–Trinajstić information content (AvgIpc) is 3.39. The van der Waals surface area contributed by atoms with Crippen LogP contribution >= 0.6 is 11.8 Å². The maximum absolute atomic E-state index is 13.9. The van der Waals surface area contributed by atoms with E-state index in [0.29, 0.717) is 17.6 Å². The molecule has 4 saturated heterocycles. The third-order valence-electron chi connectivity index (χ3n) is 10.3. The third-order valence-corrected chi connectivity index (χ3v) is 13.4. The maximum atomic E-state index is 13.9. The molecule has 12 nitrogen and oxygen atoms in total.